The second-order valence-electron chi connectivity index (χ2n) is 6.25. The number of amides is 1. The van der Waals surface area contributed by atoms with Crippen molar-refractivity contribution in [2.75, 3.05) is 26.2 Å². The van der Waals surface area contributed by atoms with Crippen LogP contribution in [0.3, 0.4) is 0 Å². The molecule has 1 aromatic carbocycles. The number of likely N-dealkylation sites (tertiary alicyclic amines) is 1. The van der Waals surface area contributed by atoms with Gasteiger partial charge in [0.1, 0.15) is 10.7 Å². The molecule has 1 aliphatic heterocycles. The van der Waals surface area contributed by atoms with Gasteiger partial charge in [0.25, 0.3) is 5.91 Å². The molecule has 0 saturated carbocycles. The standard InChI is InChI=1S/C18H22ClFN2OS/c19-16-14-7-6-13(20)12-15(14)24-17(16)18(23)21-8-5-11-22-9-3-1-2-4-10-22/h6-7,12H,1-5,8-11H2,(H,21,23). The summed E-state index contributed by atoms with van der Waals surface area (Å²) in [5, 5.41) is 4.09. The highest BCUT2D eigenvalue weighted by atomic mass is 35.5. The van der Waals surface area contributed by atoms with E-state index >= 15 is 0 Å². The van der Waals surface area contributed by atoms with Crippen molar-refractivity contribution in [3.8, 4) is 0 Å². The maximum absolute atomic E-state index is 13.3. The van der Waals surface area contributed by atoms with Crippen molar-refractivity contribution in [1.82, 2.24) is 10.2 Å². The molecule has 0 unspecified atom stereocenters. The zero-order valence-corrected chi connectivity index (χ0v) is 15.2. The molecule has 1 N–H and O–H groups in total. The minimum atomic E-state index is -0.315. The zero-order valence-electron chi connectivity index (χ0n) is 13.6. The van der Waals surface area contributed by atoms with Crippen molar-refractivity contribution in [2.45, 2.75) is 32.1 Å². The van der Waals surface area contributed by atoms with Gasteiger partial charge in [0.05, 0.1) is 5.02 Å². The van der Waals surface area contributed by atoms with E-state index in [1.807, 2.05) is 0 Å². The number of rotatable bonds is 5. The molecule has 2 aromatic rings. The molecule has 2 heterocycles. The predicted molar refractivity (Wildman–Crippen MR) is 98.7 cm³/mol. The summed E-state index contributed by atoms with van der Waals surface area (Å²) in [5.74, 6) is -0.484. The van der Waals surface area contributed by atoms with E-state index in [-0.39, 0.29) is 11.7 Å². The van der Waals surface area contributed by atoms with E-state index in [1.54, 1.807) is 6.07 Å². The Bertz CT molecular complexity index is 710. The Morgan fingerprint density at radius 1 is 1.25 bits per heavy atom. The summed E-state index contributed by atoms with van der Waals surface area (Å²) in [7, 11) is 0. The molecule has 3 nitrogen and oxygen atoms in total. The van der Waals surface area contributed by atoms with E-state index in [0.717, 1.165) is 18.4 Å². The maximum Gasteiger partial charge on any atom is 0.262 e. The molecule has 6 heteroatoms. The van der Waals surface area contributed by atoms with E-state index in [1.165, 1.54) is 62.2 Å². The molecule has 1 fully saturated rings. The van der Waals surface area contributed by atoms with E-state index in [0.29, 0.717) is 21.1 Å². The quantitative estimate of drug-likeness (QED) is 0.776. The van der Waals surface area contributed by atoms with Gasteiger partial charge in [0.15, 0.2) is 0 Å². The third-order valence-corrected chi connectivity index (χ3v) is 6.09. The number of nitrogens with zero attached hydrogens (tertiary/aromatic N) is 1. The molecule has 0 atom stereocenters. The summed E-state index contributed by atoms with van der Waals surface area (Å²) in [5.41, 5.74) is 0. The second kappa shape index (κ2) is 8.28. The van der Waals surface area contributed by atoms with Crippen LogP contribution in [0.2, 0.25) is 5.02 Å². The lowest BCUT2D eigenvalue weighted by molar-refractivity contribution is 0.0956. The number of fused-ring (bicyclic) bond motifs is 1. The summed E-state index contributed by atoms with van der Waals surface area (Å²) in [6.45, 7) is 3.99. The van der Waals surface area contributed by atoms with Crippen molar-refractivity contribution in [2.24, 2.45) is 0 Å². The van der Waals surface area contributed by atoms with Gasteiger partial charge in [-0.05, 0) is 57.1 Å². The second-order valence-corrected chi connectivity index (χ2v) is 7.68. The van der Waals surface area contributed by atoms with Crippen LogP contribution in [0.1, 0.15) is 41.8 Å². The summed E-state index contributed by atoms with van der Waals surface area (Å²) in [6.07, 6.45) is 6.15. The molecule has 0 spiro atoms. The minimum Gasteiger partial charge on any atom is -0.351 e. The van der Waals surface area contributed by atoms with Gasteiger partial charge in [-0.1, -0.05) is 24.4 Å². The van der Waals surface area contributed by atoms with Crippen LogP contribution in [-0.4, -0.2) is 37.0 Å². The number of hydrogen-bond acceptors (Lipinski definition) is 3. The zero-order chi connectivity index (χ0) is 16.9. The van der Waals surface area contributed by atoms with Crippen LogP contribution in [0.5, 0.6) is 0 Å². The Balaban J connectivity index is 1.52. The highest BCUT2D eigenvalue weighted by Crippen LogP contribution is 2.35. The molecular weight excluding hydrogens is 347 g/mol. The van der Waals surface area contributed by atoms with Crippen molar-refractivity contribution >= 4 is 38.9 Å². The first-order valence-electron chi connectivity index (χ1n) is 8.53. The van der Waals surface area contributed by atoms with Crippen LogP contribution >= 0.6 is 22.9 Å². The number of thiophene rings is 1. The van der Waals surface area contributed by atoms with Crippen molar-refractivity contribution in [3.63, 3.8) is 0 Å². The number of halogens is 2. The Labute approximate surface area is 150 Å². The smallest absolute Gasteiger partial charge is 0.262 e. The fourth-order valence-electron chi connectivity index (χ4n) is 3.13. The molecule has 3 rings (SSSR count). The van der Waals surface area contributed by atoms with Crippen LogP contribution < -0.4 is 5.32 Å². The van der Waals surface area contributed by atoms with Gasteiger partial charge in [0.2, 0.25) is 0 Å². The van der Waals surface area contributed by atoms with Crippen LogP contribution in [0.4, 0.5) is 4.39 Å². The number of benzene rings is 1. The van der Waals surface area contributed by atoms with Crippen LogP contribution in [-0.2, 0) is 0 Å². The number of carbonyl (C=O) groups excluding carboxylic acids is 1. The van der Waals surface area contributed by atoms with E-state index in [9.17, 15) is 9.18 Å². The maximum atomic E-state index is 13.3. The van der Waals surface area contributed by atoms with Gasteiger partial charge < -0.3 is 10.2 Å². The van der Waals surface area contributed by atoms with E-state index in [2.05, 4.69) is 10.2 Å². The van der Waals surface area contributed by atoms with Crippen LogP contribution in [0.15, 0.2) is 18.2 Å². The molecule has 1 aromatic heterocycles. The molecule has 0 bridgehead atoms. The van der Waals surface area contributed by atoms with E-state index in [4.69, 9.17) is 11.6 Å². The topological polar surface area (TPSA) is 32.3 Å². The highest BCUT2D eigenvalue weighted by Gasteiger charge is 2.17. The SMILES string of the molecule is O=C(NCCCN1CCCCCC1)c1sc2cc(F)ccc2c1Cl. The fraction of sp³-hybridized carbons (Fsp3) is 0.500. The van der Waals surface area contributed by atoms with Gasteiger partial charge >= 0.3 is 0 Å². The minimum absolute atomic E-state index is 0.169. The van der Waals surface area contributed by atoms with Crippen molar-refractivity contribution in [3.05, 3.63) is 33.9 Å². The van der Waals surface area contributed by atoms with E-state index < -0.39 is 0 Å². The van der Waals surface area contributed by atoms with Gasteiger partial charge in [-0.3, -0.25) is 4.79 Å². The highest BCUT2D eigenvalue weighted by molar-refractivity contribution is 7.21. The van der Waals surface area contributed by atoms with Gasteiger partial charge in [0, 0.05) is 16.6 Å². The number of hydrogen-bond donors (Lipinski definition) is 1. The molecular formula is C18H22ClFN2OS. The fourth-order valence-corrected chi connectivity index (χ4v) is 4.59. The summed E-state index contributed by atoms with van der Waals surface area (Å²) in [6, 6.07) is 4.41. The molecule has 1 saturated heterocycles. The average molecular weight is 369 g/mol. The Morgan fingerprint density at radius 2 is 2.00 bits per heavy atom. The lowest BCUT2D eigenvalue weighted by Gasteiger charge is -2.19. The lowest BCUT2D eigenvalue weighted by atomic mass is 10.2. The molecule has 0 aliphatic carbocycles. The third-order valence-electron chi connectivity index (χ3n) is 4.43. The lowest BCUT2D eigenvalue weighted by Crippen LogP contribution is -2.30. The monoisotopic (exact) mass is 368 g/mol. The third kappa shape index (κ3) is 4.26. The first kappa shape index (κ1) is 17.6. The average Bonchev–Trinajstić information content (AvgIpc) is 2.75. The molecule has 24 heavy (non-hydrogen) atoms. The van der Waals surface area contributed by atoms with Gasteiger partial charge in [-0.25, -0.2) is 4.39 Å². The Hall–Kier alpha value is -1.17. The van der Waals surface area contributed by atoms with Crippen molar-refractivity contribution < 1.29 is 9.18 Å². The molecule has 0 radical (unpaired) electrons. The Morgan fingerprint density at radius 3 is 2.75 bits per heavy atom. The predicted octanol–water partition coefficient (Wildman–Crippen LogP) is 4.69. The normalized spacial score (nSPS) is 16.2. The largest absolute Gasteiger partial charge is 0.351 e. The first-order chi connectivity index (χ1) is 11.6. The molecule has 1 aliphatic rings. The van der Waals surface area contributed by atoms with Crippen molar-refractivity contribution in [1.29, 1.82) is 0 Å². The van der Waals surface area contributed by atoms with Gasteiger partial charge in [-0.15, -0.1) is 11.3 Å². The summed E-state index contributed by atoms with van der Waals surface area (Å²) >= 11 is 7.52. The van der Waals surface area contributed by atoms with Crippen LogP contribution in [0.25, 0.3) is 10.1 Å². The summed E-state index contributed by atoms with van der Waals surface area (Å²) < 4.78 is 14.0. The first-order valence-corrected chi connectivity index (χ1v) is 9.73. The molecule has 130 valence electrons. The van der Waals surface area contributed by atoms with Crippen LogP contribution in [0, 0.1) is 5.82 Å². The van der Waals surface area contributed by atoms with Gasteiger partial charge in [-0.2, -0.15) is 0 Å². The summed E-state index contributed by atoms with van der Waals surface area (Å²) in [4.78, 5) is 15.3. The molecule has 1 amide bonds. The Kier molecular flexibility index (Phi) is 6.09. The number of carbonyl (C=O) groups is 1. The number of nitrogens with one attached hydrogen (secondary N) is 1.